The van der Waals surface area contributed by atoms with Crippen molar-refractivity contribution in [3.63, 3.8) is 0 Å². The summed E-state index contributed by atoms with van der Waals surface area (Å²) < 4.78 is 0. The molecule has 1 aliphatic rings. The van der Waals surface area contributed by atoms with Crippen LogP contribution in [0, 0.1) is 13.8 Å². The topological polar surface area (TPSA) is 68.3 Å². The second-order valence-electron chi connectivity index (χ2n) is 10.8. The maximum absolute atomic E-state index is 8.12. The SMILES string of the molecule is Cc1c(/C=C/c2ccccc2)ccc2ccccc12.Cc1c(C2CC2c2ccccc2)ccc2ccccc12.O=C=O.O=C=O. The van der Waals surface area contributed by atoms with Crippen molar-refractivity contribution < 1.29 is 19.2 Å². The molecule has 4 nitrogen and oxygen atoms in total. The van der Waals surface area contributed by atoms with Crippen LogP contribution >= 0.6 is 0 Å². The molecule has 2 unspecified atom stereocenters. The molecule has 6 aromatic carbocycles. The molecule has 1 aliphatic carbocycles. The van der Waals surface area contributed by atoms with Gasteiger partial charge in [-0.05, 0) is 87.0 Å². The lowest BCUT2D eigenvalue weighted by Crippen LogP contribution is -1.90. The molecule has 0 radical (unpaired) electrons. The Balaban J connectivity index is 0.000000175. The van der Waals surface area contributed by atoms with E-state index in [1.807, 2.05) is 6.07 Å². The Hall–Kier alpha value is -5.66. The Bertz CT molecular complexity index is 1940. The molecule has 0 bridgehead atoms. The predicted molar refractivity (Wildman–Crippen MR) is 179 cm³/mol. The van der Waals surface area contributed by atoms with Gasteiger partial charge >= 0.3 is 12.3 Å². The highest BCUT2D eigenvalue weighted by molar-refractivity contribution is 5.90. The first kappa shape index (κ1) is 32.3. The molecule has 0 saturated heterocycles. The van der Waals surface area contributed by atoms with E-state index in [4.69, 9.17) is 19.2 Å². The van der Waals surface area contributed by atoms with Crippen LogP contribution in [0.5, 0.6) is 0 Å². The third-order valence-electron chi connectivity index (χ3n) is 8.15. The number of benzene rings is 6. The number of hydrogen-bond donors (Lipinski definition) is 0. The van der Waals surface area contributed by atoms with Crippen molar-refractivity contribution in [2.45, 2.75) is 32.1 Å². The van der Waals surface area contributed by atoms with Crippen LogP contribution < -0.4 is 0 Å². The Morgan fingerprint density at radius 1 is 0.511 bits per heavy atom. The van der Waals surface area contributed by atoms with E-state index in [2.05, 4.69) is 153 Å². The van der Waals surface area contributed by atoms with Crippen molar-refractivity contribution in [1.82, 2.24) is 0 Å². The van der Waals surface area contributed by atoms with Crippen molar-refractivity contribution in [2.24, 2.45) is 0 Å². The van der Waals surface area contributed by atoms with E-state index in [9.17, 15) is 0 Å². The van der Waals surface area contributed by atoms with Gasteiger partial charge in [-0.2, -0.15) is 19.2 Å². The van der Waals surface area contributed by atoms with Crippen LogP contribution in [0.15, 0.2) is 133 Å². The van der Waals surface area contributed by atoms with Crippen molar-refractivity contribution in [3.8, 4) is 0 Å². The smallest absolute Gasteiger partial charge is 0.186 e. The predicted octanol–water partition coefficient (Wildman–Crippen LogP) is 9.57. The minimum Gasteiger partial charge on any atom is -0.186 e. The fourth-order valence-corrected chi connectivity index (χ4v) is 5.83. The zero-order valence-corrected chi connectivity index (χ0v) is 25.4. The zero-order chi connectivity index (χ0) is 32.0. The fourth-order valence-electron chi connectivity index (χ4n) is 5.83. The quantitative estimate of drug-likeness (QED) is 0.192. The van der Waals surface area contributed by atoms with Gasteiger partial charge < -0.3 is 0 Å². The van der Waals surface area contributed by atoms with E-state index in [1.54, 1.807) is 0 Å². The first-order valence-corrected chi connectivity index (χ1v) is 14.8. The molecule has 0 N–H and O–H groups in total. The standard InChI is InChI=1S/C20H18.C19H16.2CO2/c1-14-17-10-6-5-9-16(17)11-12-18(14)20-13-19(20)15-7-3-2-4-8-15;1-15-17(12-11-16-7-3-2-4-8-16)13-14-18-9-5-6-10-19(15)18;2*2-1-3/h2-12,19-20H,13H2,1H3;2-14H,1H3;;/b;12-11+;;. The van der Waals surface area contributed by atoms with Crippen LogP contribution in [0.3, 0.4) is 0 Å². The number of carbonyl (C=O) groups excluding carboxylic acids is 4. The van der Waals surface area contributed by atoms with Crippen LogP contribution in [-0.2, 0) is 19.2 Å². The molecule has 1 fully saturated rings. The van der Waals surface area contributed by atoms with Crippen LogP contribution in [-0.4, -0.2) is 12.3 Å². The maximum Gasteiger partial charge on any atom is 0.373 e. The van der Waals surface area contributed by atoms with Crippen LogP contribution in [0.2, 0.25) is 0 Å². The molecule has 0 spiro atoms. The number of rotatable bonds is 4. The van der Waals surface area contributed by atoms with Gasteiger partial charge in [0.05, 0.1) is 0 Å². The lowest BCUT2D eigenvalue weighted by atomic mass is 9.95. The second kappa shape index (κ2) is 16.3. The summed E-state index contributed by atoms with van der Waals surface area (Å²) in [4.78, 5) is 32.5. The monoisotopic (exact) mass is 590 g/mol. The van der Waals surface area contributed by atoms with Gasteiger partial charge in [0.2, 0.25) is 0 Å². The van der Waals surface area contributed by atoms with Crippen molar-refractivity contribution in [1.29, 1.82) is 0 Å². The van der Waals surface area contributed by atoms with Crippen LogP contribution in [0.25, 0.3) is 33.7 Å². The van der Waals surface area contributed by atoms with Gasteiger partial charge in [0, 0.05) is 0 Å². The minimum atomic E-state index is 0.250. The molecule has 6 aromatic rings. The van der Waals surface area contributed by atoms with E-state index in [0.29, 0.717) is 5.92 Å². The Morgan fingerprint density at radius 2 is 1.00 bits per heavy atom. The number of aryl methyl sites for hydroxylation is 2. The van der Waals surface area contributed by atoms with Crippen LogP contribution in [0.1, 0.15) is 51.6 Å². The van der Waals surface area contributed by atoms with Gasteiger partial charge in [-0.1, -0.05) is 146 Å². The largest absolute Gasteiger partial charge is 0.373 e. The van der Waals surface area contributed by atoms with E-state index in [-0.39, 0.29) is 12.3 Å². The number of hydrogen-bond acceptors (Lipinski definition) is 4. The average Bonchev–Trinajstić information content (AvgIpc) is 3.88. The summed E-state index contributed by atoms with van der Waals surface area (Å²) in [5, 5.41) is 5.39. The molecular formula is C41H34O4. The summed E-state index contributed by atoms with van der Waals surface area (Å²) in [6, 6.07) is 47.6. The molecule has 7 rings (SSSR count). The summed E-state index contributed by atoms with van der Waals surface area (Å²) >= 11 is 0. The highest BCUT2D eigenvalue weighted by atomic mass is 16.2. The third kappa shape index (κ3) is 8.46. The molecule has 45 heavy (non-hydrogen) atoms. The van der Waals surface area contributed by atoms with Crippen LogP contribution in [0.4, 0.5) is 0 Å². The van der Waals surface area contributed by atoms with Gasteiger partial charge in [-0.3, -0.25) is 0 Å². The van der Waals surface area contributed by atoms with E-state index >= 15 is 0 Å². The molecule has 0 amide bonds. The number of fused-ring (bicyclic) bond motifs is 2. The Labute approximate surface area is 263 Å². The van der Waals surface area contributed by atoms with E-state index < -0.39 is 0 Å². The molecular weight excluding hydrogens is 556 g/mol. The summed E-state index contributed by atoms with van der Waals surface area (Å²) in [6.07, 6.45) is 6.15. The first-order chi connectivity index (χ1) is 22.0. The van der Waals surface area contributed by atoms with E-state index in [0.717, 1.165) is 5.92 Å². The fraction of sp³-hybridized carbons (Fsp3) is 0.122. The van der Waals surface area contributed by atoms with Gasteiger partial charge in [0.25, 0.3) is 0 Å². The molecule has 4 heteroatoms. The second-order valence-corrected chi connectivity index (χ2v) is 10.8. The molecule has 0 heterocycles. The Kier molecular flexibility index (Phi) is 11.7. The molecule has 222 valence electrons. The normalized spacial score (nSPS) is 14.4. The molecule has 2 atom stereocenters. The average molecular weight is 591 g/mol. The van der Waals surface area contributed by atoms with Gasteiger partial charge in [-0.15, -0.1) is 0 Å². The summed E-state index contributed by atoms with van der Waals surface area (Å²) in [5.41, 5.74) is 8.34. The Morgan fingerprint density at radius 3 is 1.60 bits per heavy atom. The van der Waals surface area contributed by atoms with Gasteiger partial charge in [0.1, 0.15) is 0 Å². The molecule has 0 aromatic heterocycles. The minimum absolute atomic E-state index is 0.250. The van der Waals surface area contributed by atoms with Crippen molar-refractivity contribution in [2.75, 3.05) is 0 Å². The summed E-state index contributed by atoms with van der Waals surface area (Å²) in [5.74, 6) is 1.43. The van der Waals surface area contributed by atoms with E-state index in [1.165, 1.54) is 61.3 Å². The van der Waals surface area contributed by atoms with Gasteiger partial charge in [-0.25, -0.2) is 0 Å². The van der Waals surface area contributed by atoms with Crippen molar-refractivity contribution >= 4 is 46.0 Å². The van der Waals surface area contributed by atoms with Gasteiger partial charge in [0.15, 0.2) is 0 Å². The van der Waals surface area contributed by atoms with Crippen molar-refractivity contribution in [3.05, 3.63) is 167 Å². The highest BCUT2D eigenvalue weighted by Gasteiger charge is 2.40. The zero-order valence-electron chi connectivity index (χ0n) is 25.4. The highest BCUT2D eigenvalue weighted by Crippen LogP contribution is 2.55. The molecule has 0 aliphatic heterocycles. The lowest BCUT2D eigenvalue weighted by Gasteiger charge is -2.09. The summed E-state index contributed by atoms with van der Waals surface area (Å²) in [6.45, 7) is 4.46. The molecule has 1 saturated carbocycles. The first-order valence-electron chi connectivity index (χ1n) is 14.8. The lowest BCUT2D eigenvalue weighted by molar-refractivity contribution is -0.193. The third-order valence-corrected chi connectivity index (χ3v) is 8.15. The summed E-state index contributed by atoms with van der Waals surface area (Å²) in [7, 11) is 0. The maximum atomic E-state index is 8.12.